The van der Waals surface area contributed by atoms with Gasteiger partial charge in [-0.2, -0.15) is 0 Å². The van der Waals surface area contributed by atoms with Gasteiger partial charge in [0.1, 0.15) is 0 Å². The van der Waals surface area contributed by atoms with Crippen LogP contribution in [0.5, 0.6) is 0 Å². The van der Waals surface area contributed by atoms with E-state index in [1.807, 2.05) is 30.3 Å². The molecule has 0 heterocycles. The normalized spacial score (nSPS) is 13.8. The SMILES string of the molecule is CC1(C)c2cc(N)ccc2-c2cc3c(N)c4ccccc4c(Nc4ccccc4)c3cc21. The van der Waals surface area contributed by atoms with Crippen LogP contribution in [-0.4, -0.2) is 0 Å². The van der Waals surface area contributed by atoms with Crippen molar-refractivity contribution in [2.75, 3.05) is 16.8 Å². The molecule has 0 saturated carbocycles. The molecule has 0 spiro atoms. The van der Waals surface area contributed by atoms with Crippen LogP contribution < -0.4 is 16.8 Å². The summed E-state index contributed by atoms with van der Waals surface area (Å²) in [4.78, 5) is 0. The summed E-state index contributed by atoms with van der Waals surface area (Å²) in [7, 11) is 0. The molecule has 0 aromatic heterocycles. The molecule has 5 aromatic rings. The van der Waals surface area contributed by atoms with Crippen molar-refractivity contribution in [3.05, 3.63) is 96.1 Å². The molecule has 0 amide bonds. The third kappa shape index (κ3) is 2.54. The molecule has 3 nitrogen and oxygen atoms in total. The van der Waals surface area contributed by atoms with E-state index in [1.54, 1.807) is 0 Å². The van der Waals surface area contributed by atoms with Crippen molar-refractivity contribution in [1.82, 2.24) is 0 Å². The van der Waals surface area contributed by atoms with Crippen molar-refractivity contribution < 1.29 is 0 Å². The van der Waals surface area contributed by atoms with Gasteiger partial charge in [0.25, 0.3) is 0 Å². The summed E-state index contributed by atoms with van der Waals surface area (Å²) >= 11 is 0. The third-order valence-corrected chi connectivity index (χ3v) is 6.93. The molecule has 1 aliphatic carbocycles. The van der Waals surface area contributed by atoms with Gasteiger partial charge in [-0.05, 0) is 58.7 Å². The van der Waals surface area contributed by atoms with E-state index in [-0.39, 0.29) is 5.41 Å². The second-order valence-electron chi connectivity index (χ2n) is 9.20. The van der Waals surface area contributed by atoms with Gasteiger partial charge in [-0.3, -0.25) is 0 Å². The van der Waals surface area contributed by atoms with Crippen LogP contribution in [0, 0.1) is 0 Å². The van der Waals surface area contributed by atoms with E-state index in [9.17, 15) is 0 Å². The van der Waals surface area contributed by atoms with E-state index in [0.717, 1.165) is 44.3 Å². The highest BCUT2D eigenvalue weighted by molar-refractivity contribution is 6.20. The quantitative estimate of drug-likeness (QED) is 0.162. The Morgan fingerprint density at radius 3 is 2.09 bits per heavy atom. The Labute approximate surface area is 187 Å². The average molecular weight is 416 g/mol. The summed E-state index contributed by atoms with van der Waals surface area (Å²) < 4.78 is 0. The number of benzene rings is 5. The number of nitrogens with two attached hydrogens (primary N) is 2. The van der Waals surface area contributed by atoms with Gasteiger partial charge < -0.3 is 16.8 Å². The van der Waals surface area contributed by atoms with Gasteiger partial charge in [0.2, 0.25) is 0 Å². The van der Waals surface area contributed by atoms with E-state index >= 15 is 0 Å². The maximum absolute atomic E-state index is 6.77. The molecule has 32 heavy (non-hydrogen) atoms. The van der Waals surface area contributed by atoms with Crippen LogP contribution >= 0.6 is 0 Å². The highest BCUT2D eigenvalue weighted by Gasteiger charge is 2.36. The number of hydrogen-bond donors (Lipinski definition) is 3. The first-order chi connectivity index (χ1) is 15.4. The van der Waals surface area contributed by atoms with Crippen molar-refractivity contribution in [3.8, 4) is 11.1 Å². The minimum Gasteiger partial charge on any atom is -0.399 e. The molecular weight excluding hydrogens is 390 g/mol. The summed E-state index contributed by atoms with van der Waals surface area (Å²) in [5.41, 5.74) is 21.6. The van der Waals surface area contributed by atoms with E-state index in [2.05, 4.69) is 73.8 Å². The highest BCUT2D eigenvalue weighted by atomic mass is 14.9. The first-order valence-corrected chi connectivity index (χ1v) is 11.0. The van der Waals surface area contributed by atoms with Crippen molar-refractivity contribution in [2.45, 2.75) is 19.3 Å². The van der Waals surface area contributed by atoms with Crippen LogP contribution in [0.15, 0.2) is 84.9 Å². The first-order valence-electron chi connectivity index (χ1n) is 11.0. The lowest BCUT2D eigenvalue weighted by Crippen LogP contribution is -2.15. The molecule has 0 unspecified atom stereocenters. The lowest BCUT2D eigenvalue weighted by molar-refractivity contribution is 0.661. The molecule has 5 N–H and O–H groups in total. The molecule has 0 bridgehead atoms. The Bertz CT molecular complexity index is 1530. The maximum Gasteiger partial charge on any atom is 0.0545 e. The second-order valence-corrected chi connectivity index (χ2v) is 9.20. The van der Waals surface area contributed by atoms with Crippen LogP contribution in [-0.2, 0) is 5.41 Å². The molecule has 6 rings (SSSR count). The number of nitrogen functional groups attached to an aromatic ring is 2. The smallest absolute Gasteiger partial charge is 0.0545 e. The molecule has 3 heteroatoms. The van der Waals surface area contributed by atoms with Gasteiger partial charge in [-0.25, -0.2) is 0 Å². The van der Waals surface area contributed by atoms with Gasteiger partial charge in [-0.15, -0.1) is 0 Å². The standard InChI is InChI=1S/C29H25N3/c1-29(2)25-14-17(30)12-13-19(25)22-15-23-24(16-26(22)29)28(32-18-8-4-3-5-9-18)21-11-7-6-10-20(21)27(23)31/h3-16,32H,30-31H2,1-2H3. The predicted octanol–water partition coefficient (Wildman–Crippen LogP) is 7.21. The fourth-order valence-electron chi connectivity index (χ4n) is 5.25. The maximum atomic E-state index is 6.77. The molecule has 156 valence electrons. The number of nitrogens with one attached hydrogen (secondary N) is 1. The van der Waals surface area contributed by atoms with E-state index in [1.165, 1.54) is 22.3 Å². The van der Waals surface area contributed by atoms with Gasteiger partial charge >= 0.3 is 0 Å². The van der Waals surface area contributed by atoms with Crippen LogP contribution in [0.3, 0.4) is 0 Å². The summed E-state index contributed by atoms with van der Waals surface area (Å²) in [5, 5.41) is 8.08. The number of para-hydroxylation sites is 1. The number of hydrogen-bond acceptors (Lipinski definition) is 3. The van der Waals surface area contributed by atoms with E-state index < -0.39 is 0 Å². The fourth-order valence-corrected chi connectivity index (χ4v) is 5.25. The number of fused-ring (bicyclic) bond motifs is 5. The zero-order chi connectivity index (χ0) is 22.0. The zero-order valence-electron chi connectivity index (χ0n) is 18.2. The van der Waals surface area contributed by atoms with Crippen molar-refractivity contribution in [1.29, 1.82) is 0 Å². The minimum atomic E-state index is -0.140. The lowest BCUT2D eigenvalue weighted by Gasteiger charge is -2.23. The van der Waals surface area contributed by atoms with Gasteiger partial charge in [0.05, 0.1) is 5.69 Å². The molecule has 0 atom stereocenters. The topological polar surface area (TPSA) is 64.1 Å². The largest absolute Gasteiger partial charge is 0.399 e. The molecule has 0 fully saturated rings. The van der Waals surface area contributed by atoms with Crippen molar-refractivity contribution >= 4 is 44.3 Å². The summed E-state index contributed by atoms with van der Waals surface area (Å²) in [6.07, 6.45) is 0. The number of rotatable bonds is 2. The molecule has 0 radical (unpaired) electrons. The third-order valence-electron chi connectivity index (χ3n) is 6.93. The Morgan fingerprint density at radius 2 is 1.31 bits per heavy atom. The molecule has 0 aliphatic heterocycles. The Hall–Kier alpha value is -3.98. The number of anilines is 4. The fraction of sp³-hybridized carbons (Fsp3) is 0.103. The minimum absolute atomic E-state index is 0.140. The Kier molecular flexibility index (Phi) is 3.82. The summed E-state index contributed by atoms with van der Waals surface area (Å²) in [6.45, 7) is 4.55. The highest BCUT2D eigenvalue weighted by Crippen LogP contribution is 2.52. The molecule has 1 aliphatic rings. The molecule has 5 aromatic carbocycles. The van der Waals surface area contributed by atoms with Crippen molar-refractivity contribution in [2.24, 2.45) is 0 Å². The van der Waals surface area contributed by atoms with E-state index in [4.69, 9.17) is 11.5 Å². The van der Waals surface area contributed by atoms with Gasteiger partial charge in [0.15, 0.2) is 0 Å². The molecule has 0 saturated heterocycles. The van der Waals surface area contributed by atoms with Crippen molar-refractivity contribution in [3.63, 3.8) is 0 Å². The summed E-state index contributed by atoms with van der Waals surface area (Å²) in [6, 6.07) is 29.5. The lowest BCUT2D eigenvalue weighted by atomic mass is 9.81. The average Bonchev–Trinajstić information content (AvgIpc) is 3.02. The Balaban J connectivity index is 1.72. The summed E-state index contributed by atoms with van der Waals surface area (Å²) in [5.74, 6) is 0. The second kappa shape index (κ2) is 6.51. The predicted molar refractivity (Wildman–Crippen MR) is 138 cm³/mol. The van der Waals surface area contributed by atoms with Gasteiger partial charge in [0, 0.05) is 44.0 Å². The van der Waals surface area contributed by atoms with Crippen LogP contribution in [0.2, 0.25) is 0 Å². The van der Waals surface area contributed by atoms with Crippen LogP contribution in [0.25, 0.3) is 32.7 Å². The van der Waals surface area contributed by atoms with Crippen LogP contribution in [0.1, 0.15) is 25.0 Å². The monoisotopic (exact) mass is 415 g/mol. The van der Waals surface area contributed by atoms with Crippen LogP contribution in [0.4, 0.5) is 22.7 Å². The van der Waals surface area contributed by atoms with E-state index in [0.29, 0.717) is 0 Å². The van der Waals surface area contributed by atoms with Gasteiger partial charge in [-0.1, -0.05) is 62.4 Å². The molecular formula is C29H25N3. The zero-order valence-corrected chi connectivity index (χ0v) is 18.2. The first kappa shape index (κ1) is 18.8. The Morgan fingerprint density at radius 1 is 0.625 bits per heavy atom.